The van der Waals surface area contributed by atoms with Gasteiger partial charge in [-0.05, 0) is 36.4 Å². The number of nitrogens with zero attached hydrogens (tertiary/aromatic N) is 1. The van der Waals surface area contributed by atoms with Gasteiger partial charge in [-0.1, -0.05) is 12.5 Å². The predicted octanol–water partition coefficient (Wildman–Crippen LogP) is 3.21. The van der Waals surface area contributed by atoms with Crippen LogP contribution in [0.2, 0.25) is 0 Å². The van der Waals surface area contributed by atoms with Crippen molar-refractivity contribution in [1.82, 2.24) is 4.31 Å². The van der Waals surface area contributed by atoms with Crippen LogP contribution in [0, 0.1) is 11.6 Å². The molecule has 25 heavy (non-hydrogen) atoms. The summed E-state index contributed by atoms with van der Waals surface area (Å²) in [7, 11) is -3.78. The Bertz CT molecular complexity index is 870. The quantitative estimate of drug-likeness (QED) is 0.878. The molecule has 0 radical (unpaired) electrons. The van der Waals surface area contributed by atoms with Gasteiger partial charge in [-0.3, -0.25) is 4.79 Å². The van der Waals surface area contributed by atoms with E-state index in [-0.39, 0.29) is 16.4 Å². The van der Waals surface area contributed by atoms with Crippen LogP contribution in [0.1, 0.15) is 19.3 Å². The number of amides is 1. The van der Waals surface area contributed by atoms with E-state index in [0.29, 0.717) is 25.3 Å². The fraction of sp³-hybridized carbons (Fsp3) is 0.312. The van der Waals surface area contributed by atoms with Crippen molar-refractivity contribution in [3.63, 3.8) is 0 Å². The van der Waals surface area contributed by atoms with Gasteiger partial charge in [0.25, 0.3) is 10.0 Å². The summed E-state index contributed by atoms with van der Waals surface area (Å²) in [4.78, 5) is 12.6. The topological polar surface area (TPSA) is 66.5 Å². The molecule has 1 atom stereocenters. The molecule has 0 bridgehead atoms. The average molecular weight is 386 g/mol. The maximum atomic E-state index is 13.7. The van der Waals surface area contributed by atoms with Crippen molar-refractivity contribution in [1.29, 1.82) is 0 Å². The Labute approximate surface area is 148 Å². The smallest absolute Gasteiger partial charge is 0.253 e. The van der Waals surface area contributed by atoms with Crippen LogP contribution in [-0.4, -0.2) is 31.2 Å². The van der Waals surface area contributed by atoms with Crippen molar-refractivity contribution >= 4 is 33.0 Å². The van der Waals surface area contributed by atoms with Crippen LogP contribution < -0.4 is 5.32 Å². The van der Waals surface area contributed by atoms with Gasteiger partial charge >= 0.3 is 0 Å². The van der Waals surface area contributed by atoms with E-state index in [2.05, 4.69) is 5.32 Å². The molecule has 0 saturated carbocycles. The number of sulfonamides is 1. The Kier molecular flexibility index (Phi) is 5.16. The fourth-order valence-electron chi connectivity index (χ4n) is 2.79. The first-order chi connectivity index (χ1) is 11.9. The van der Waals surface area contributed by atoms with Crippen LogP contribution in [0.15, 0.2) is 39.9 Å². The summed E-state index contributed by atoms with van der Waals surface area (Å²) >= 11 is 1.08. The van der Waals surface area contributed by atoms with Crippen molar-refractivity contribution in [2.24, 2.45) is 0 Å². The van der Waals surface area contributed by atoms with Crippen molar-refractivity contribution in [3.05, 3.63) is 47.3 Å². The maximum Gasteiger partial charge on any atom is 0.253 e. The summed E-state index contributed by atoms with van der Waals surface area (Å²) in [5, 5.41) is 4.02. The second kappa shape index (κ2) is 7.19. The number of carbonyl (C=O) groups is 1. The number of benzene rings is 1. The summed E-state index contributed by atoms with van der Waals surface area (Å²) in [6.45, 7) is 0.226. The molecule has 1 amide bonds. The van der Waals surface area contributed by atoms with Crippen LogP contribution >= 0.6 is 11.3 Å². The monoisotopic (exact) mass is 386 g/mol. The van der Waals surface area contributed by atoms with Crippen LogP contribution in [0.25, 0.3) is 0 Å². The van der Waals surface area contributed by atoms with E-state index in [1.165, 1.54) is 10.4 Å². The molecule has 0 aliphatic carbocycles. The Morgan fingerprint density at radius 2 is 2.04 bits per heavy atom. The molecule has 1 fully saturated rings. The lowest BCUT2D eigenvalue weighted by Gasteiger charge is -2.33. The van der Waals surface area contributed by atoms with Crippen molar-refractivity contribution in [2.75, 3.05) is 11.9 Å². The molecule has 5 nitrogen and oxygen atoms in total. The number of piperidine rings is 1. The number of carbonyl (C=O) groups excluding carboxylic acids is 1. The van der Waals surface area contributed by atoms with Gasteiger partial charge in [-0.2, -0.15) is 4.31 Å². The van der Waals surface area contributed by atoms with E-state index in [9.17, 15) is 22.0 Å². The van der Waals surface area contributed by atoms with Gasteiger partial charge in [0.15, 0.2) is 0 Å². The standard InChI is InChI=1S/C16H16F2N2O3S2/c17-11-6-7-13(12(18)10-11)19-16(21)14-4-1-2-8-20(14)25(22,23)15-5-3-9-24-15/h3,5-7,9-10,14H,1-2,4,8H2,(H,19,21). The van der Waals surface area contributed by atoms with E-state index >= 15 is 0 Å². The minimum atomic E-state index is -3.78. The van der Waals surface area contributed by atoms with Gasteiger partial charge in [-0.15, -0.1) is 11.3 Å². The van der Waals surface area contributed by atoms with Crippen molar-refractivity contribution in [3.8, 4) is 0 Å². The zero-order valence-electron chi connectivity index (χ0n) is 13.1. The summed E-state index contributed by atoms with van der Waals surface area (Å²) in [6, 6.07) is 5.00. The highest BCUT2D eigenvalue weighted by molar-refractivity contribution is 7.91. The molecular formula is C16H16F2N2O3S2. The molecular weight excluding hydrogens is 370 g/mol. The molecule has 1 aromatic heterocycles. The number of anilines is 1. The number of rotatable bonds is 4. The SMILES string of the molecule is O=C(Nc1ccc(F)cc1F)C1CCCCN1S(=O)(=O)c1cccs1. The molecule has 2 aromatic rings. The first-order valence-electron chi connectivity index (χ1n) is 7.71. The lowest BCUT2D eigenvalue weighted by Crippen LogP contribution is -2.49. The number of halogens is 2. The van der Waals surface area contributed by atoms with Crippen LogP contribution in [0.3, 0.4) is 0 Å². The summed E-state index contributed by atoms with van der Waals surface area (Å²) in [5.41, 5.74) is -0.176. The van der Waals surface area contributed by atoms with E-state index in [4.69, 9.17) is 0 Å². The predicted molar refractivity (Wildman–Crippen MR) is 90.8 cm³/mol. The van der Waals surface area contributed by atoms with E-state index in [1.807, 2.05) is 0 Å². The van der Waals surface area contributed by atoms with Crippen molar-refractivity contribution < 1.29 is 22.0 Å². The highest BCUT2D eigenvalue weighted by atomic mass is 32.2. The zero-order valence-corrected chi connectivity index (χ0v) is 14.7. The molecule has 3 rings (SSSR count). The molecule has 1 unspecified atom stereocenters. The minimum Gasteiger partial charge on any atom is -0.322 e. The molecule has 2 heterocycles. The summed E-state index contributed by atoms with van der Waals surface area (Å²) in [5.74, 6) is -2.28. The molecule has 134 valence electrons. The fourth-order valence-corrected chi connectivity index (χ4v) is 5.56. The molecule has 1 saturated heterocycles. The number of nitrogens with one attached hydrogen (secondary N) is 1. The van der Waals surface area contributed by atoms with Gasteiger partial charge in [0.05, 0.1) is 5.69 Å². The molecule has 1 N–H and O–H groups in total. The second-order valence-corrected chi connectivity index (χ2v) is 8.74. The highest BCUT2D eigenvalue weighted by Gasteiger charge is 2.38. The third kappa shape index (κ3) is 3.73. The van der Waals surface area contributed by atoms with Gasteiger partial charge in [0, 0.05) is 12.6 Å². The van der Waals surface area contributed by atoms with E-state index in [0.717, 1.165) is 23.5 Å². The number of hydrogen-bond acceptors (Lipinski definition) is 4. The Balaban J connectivity index is 1.84. The number of thiophene rings is 1. The molecule has 1 aliphatic rings. The maximum absolute atomic E-state index is 13.7. The highest BCUT2D eigenvalue weighted by Crippen LogP contribution is 2.28. The number of hydrogen-bond donors (Lipinski definition) is 1. The summed E-state index contributed by atoms with van der Waals surface area (Å²) < 4.78 is 53.6. The lowest BCUT2D eigenvalue weighted by molar-refractivity contribution is -0.120. The van der Waals surface area contributed by atoms with Crippen molar-refractivity contribution in [2.45, 2.75) is 29.5 Å². The third-order valence-electron chi connectivity index (χ3n) is 4.00. The van der Waals surface area contributed by atoms with Crippen LogP contribution in [0.5, 0.6) is 0 Å². The van der Waals surface area contributed by atoms with E-state index in [1.54, 1.807) is 11.4 Å². The first-order valence-corrected chi connectivity index (χ1v) is 10.0. The molecule has 9 heteroatoms. The van der Waals surface area contributed by atoms with Crippen LogP contribution in [0.4, 0.5) is 14.5 Å². The normalized spacial score (nSPS) is 18.9. The van der Waals surface area contributed by atoms with Gasteiger partial charge in [0.2, 0.25) is 5.91 Å². The van der Waals surface area contributed by atoms with Gasteiger partial charge in [0.1, 0.15) is 21.9 Å². The van der Waals surface area contributed by atoms with E-state index < -0.39 is 33.6 Å². The summed E-state index contributed by atoms with van der Waals surface area (Å²) in [6.07, 6.45) is 1.69. The second-order valence-electron chi connectivity index (χ2n) is 5.67. The largest absolute Gasteiger partial charge is 0.322 e. The Morgan fingerprint density at radius 3 is 2.72 bits per heavy atom. The molecule has 0 spiro atoms. The average Bonchev–Trinajstić information content (AvgIpc) is 3.13. The Hall–Kier alpha value is -1.84. The van der Waals surface area contributed by atoms with Gasteiger partial charge in [-0.25, -0.2) is 17.2 Å². The van der Waals surface area contributed by atoms with Crippen LogP contribution in [-0.2, 0) is 14.8 Å². The Morgan fingerprint density at radius 1 is 1.24 bits per heavy atom. The molecule has 1 aromatic carbocycles. The minimum absolute atomic E-state index is 0.167. The third-order valence-corrected chi connectivity index (χ3v) is 7.28. The van der Waals surface area contributed by atoms with Gasteiger partial charge < -0.3 is 5.32 Å². The molecule has 1 aliphatic heterocycles. The zero-order chi connectivity index (χ0) is 18.0. The first kappa shape index (κ1) is 18.0. The lowest BCUT2D eigenvalue weighted by atomic mass is 10.0.